The molecule has 168 valence electrons. The van der Waals surface area contributed by atoms with Crippen LogP contribution in [0.25, 0.3) is 0 Å². The molecule has 2 aromatic rings. The van der Waals surface area contributed by atoms with Gasteiger partial charge in [-0.1, -0.05) is 26.0 Å². The zero-order chi connectivity index (χ0) is 22.2. The molecule has 6 nitrogen and oxygen atoms in total. The summed E-state index contributed by atoms with van der Waals surface area (Å²) >= 11 is 0. The Bertz CT molecular complexity index is 987. The molecule has 1 aromatic carbocycles. The highest BCUT2D eigenvalue weighted by molar-refractivity contribution is 7.89. The molecule has 1 aromatic heterocycles. The van der Waals surface area contributed by atoms with Crippen molar-refractivity contribution in [1.29, 1.82) is 0 Å². The Labute approximate surface area is 185 Å². The van der Waals surface area contributed by atoms with E-state index >= 15 is 0 Å². The second-order valence-corrected chi connectivity index (χ2v) is 11.0. The highest BCUT2D eigenvalue weighted by Gasteiger charge is 2.41. The standard InChI is InChI=1S/C24H32N2O4S/c1-17(2)19-6-10-22(11-7-19)31(28,29)25-14-12-20(13-15-25)24(27)26(21-8-9-21)18(3)23-5-4-16-30-23/h4-7,10-11,16-18,20-21H,8-9,12-15H2,1-3H3. The minimum atomic E-state index is -3.54. The third-order valence-corrected chi connectivity index (χ3v) is 8.47. The van der Waals surface area contributed by atoms with Gasteiger partial charge in [-0.2, -0.15) is 4.31 Å². The van der Waals surface area contributed by atoms with Gasteiger partial charge < -0.3 is 9.32 Å². The lowest BCUT2D eigenvalue weighted by atomic mass is 9.95. The highest BCUT2D eigenvalue weighted by atomic mass is 32.2. The summed E-state index contributed by atoms with van der Waals surface area (Å²) in [7, 11) is -3.54. The number of piperidine rings is 1. The molecule has 0 N–H and O–H groups in total. The van der Waals surface area contributed by atoms with E-state index in [0.29, 0.717) is 36.7 Å². The van der Waals surface area contributed by atoms with Crippen molar-refractivity contribution in [3.05, 3.63) is 54.0 Å². The average Bonchev–Trinajstić information content (AvgIpc) is 3.44. The largest absolute Gasteiger partial charge is 0.467 e. The van der Waals surface area contributed by atoms with Crippen molar-refractivity contribution in [1.82, 2.24) is 9.21 Å². The summed E-state index contributed by atoms with van der Waals surface area (Å²) in [6, 6.07) is 11.1. The van der Waals surface area contributed by atoms with Crippen molar-refractivity contribution in [2.75, 3.05) is 13.1 Å². The first kappa shape index (κ1) is 22.1. The number of rotatable bonds is 7. The predicted molar refractivity (Wildman–Crippen MR) is 119 cm³/mol. The lowest BCUT2D eigenvalue weighted by molar-refractivity contribution is -0.140. The van der Waals surface area contributed by atoms with E-state index in [-0.39, 0.29) is 23.9 Å². The zero-order valence-corrected chi connectivity index (χ0v) is 19.3. The molecule has 1 aliphatic heterocycles. The van der Waals surface area contributed by atoms with Crippen LogP contribution in [0.4, 0.5) is 0 Å². The fourth-order valence-corrected chi connectivity index (χ4v) is 5.90. The van der Waals surface area contributed by atoms with Crippen molar-refractivity contribution in [3.63, 3.8) is 0 Å². The summed E-state index contributed by atoms with van der Waals surface area (Å²) in [6.45, 7) is 6.93. The number of benzene rings is 1. The molecule has 7 heteroatoms. The van der Waals surface area contributed by atoms with E-state index in [1.165, 1.54) is 4.31 Å². The van der Waals surface area contributed by atoms with Gasteiger partial charge in [0.25, 0.3) is 0 Å². The zero-order valence-electron chi connectivity index (χ0n) is 18.5. The van der Waals surface area contributed by atoms with Crippen LogP contribution in [0.3, 0.4) is 0 Å². The Kier molecular flexibility index (Phi) is 6.26. The molecule has 1 atom stereocenters. The fraction of sp³-hybridized carbons (Fsp3) is 0.542. The van der Waals surface area contributed by atoms with E-state index in [2.05, 4.69) is 13.8 Å². The number of hydrogen-bond acceptors (Lipinski definition) is 4. The average molecular weight is 445 g/mol. The van der Waals surface area contributed by atoms with E-state index < -0.39 is 10.0 Å². The summed E-state index contributed by atoms with van der Waals surface area (Å²) in [5, 5.41) is 0. The highest BCUT2D eigenvalue weighted by Crippen LogP contribution is 2.37. The van der Waals surface area contributed by atoms with Crippen molar-refractivity contribution in [2.24, 2.45) is 5.92 Å². The SMILES string of the molecule is CC(C)c1ccc(S(=O)(=O)N2CCC(C(=O)N(C3CC3)C(C)c3ccco3)CC2)cc1. The van der Waals surface area contributed by atoms with Crippen molar-refractivity contribution in [3.8, 4) is 0 Å². The molecule has 4 rings (SSSR count). The Morgan fingerprint density at radius 2 is 1.68 bits per heavy atom. The predicted octanol–water partition coefficient (Wildman–Crippen LogP) is 4.56. The van der Waals surface area contributed by atoms with Gasteiger partial charge in [0.15, 0.2) is 0 Å². The minimum absolute atomic E-state index is 0.101. The molecule has 2 aliphatic rings. The van der Waals surface area contributed by atoms with Crippen LogP contribution in [-0.2, 0) is 14.8 Å². The van der Waals surface area contributed by atoms with Gasteiger partial charge in [0.2, 0.25) is 15.9 Å². The maximum atomic E-state index is 13.4. The van der Waals surface area contributed by atoms with Gasteiger partial charge in [-0.25, -0.2) is 8.42 Å². The maximum absolute atomic E-state index is 13.4. The quantitative estimate of drug-likeness (QED) is 0.628. The number of carbonyl (C=O) groups excluding carboxylic acids is 1. The number of furan rings is 1. The molecule has 0 bridgehead atoms. The van der Waals surface area contributed by atoms with Gasteiger partial charge in [-0.05, 0) is 68.4 Å². The first-order chi connectivity index (χ1) is 14.8. The minimum Gasteiger partial charge on any atom is -0.467 e. The third kappa shape index (κ3) is 4.58. The molecule has 1 unspecified atom stereocenters. The van der Waals surface area contributed by atoms with E-state index in [1.54, 1.807) is 18.4 Å². The molecule has 1 saturated carbocycles. The molecule has 1 amide bonds. The van der Waals surface area contributed by atoms with Crippen molar-refractivity contribution in [2.45, 2.75) is 69.4 Å². The van der Waals surface area contributed by atoms with Gasteiger partial charge in [0, 0.05) is 25.0 Å². The summed E-state index contributed by atoms with van der Waals surface area (Å²) < 4.78 is 33.2. The topological polar surface area (TPSA) is 70.8 Å². The number of nitrogens with zero attached hydrogens (tertiary/aromatic N) is 2. The van der Waals surface area contributed by atoms with Crippen LogP contribution < -0.4 is 0 Å². The van der Waals surface area contributed by atoms with Crippen LogP contribution in [0.15, 0.2) is 52.0 Å². The summed E-state index contributed by atoms with van der Waals surface area (Å²) in [6.07, 6.45) is 4.79. The van der Waals surface area contributed by atoms with E-state index in [1.807, 2.05) is 36.1 Å². The maximum Gasteiger partial charge on any atom is 0.243 e. The molecule has 1 aliphatic carbocycles. The summed E-state index contributed by atoms with van der Waals surface area (Å²) in [5.74, 6) is 1.14. The van der Waals surface area contributed by atoms with Gasteiger partial charge >= 0.3 is 0 Å². The van der Waals surface area contributed by atoms with Crippen LogP contribution in [0.5, 0.6) is 0 Å². The second kappa shape index (κ2) is 8.79. The van der Waals surface area contributed by atoms with E-state index in [4.69, 9.17) is 4.42 Å². The Morgan fingerprint density at radius 1 is 1.03 bits per heavy atom. The third-order valence-electron chi connectivity index (χ3n) is 6.55. The van der Waals surface area contributed by atoms with Crippen molar-refractivity contribution >= 4 is 15.9 Å². The first-order valence-corrected chi connectivity index (χ1v) is 12.7. The molecular weight excluding hydrogens is 412 g/mol. The van der Waals surface area contributed by atoms with Crippen LogP contribution in [0.1, 0.15) is 69.7 Å². The monoisotopic (exact) mass is 444 g/mol. The Hall–Kier alpha value is -2.12. The van der Waals surface area contributed by atoms with Crippen LogP contribution in [-0.4, -0.2) is 42.7 Å². The molecule has 1 saturated heterocycles. The lowest BCUT2D eigenvalue weighted by Gasteiger charge is -2.36. The first-order valence-electron chi connectivity index (χ1n) is 11.2. The molecule has 0 radical (unpaired) electrons. The van der Waals surface area contributed by atoms with E-state index in [9.17, 15) is 13.2 Å². The van der Waals surface area contributed by atoms with Crippen LogP contribution in [0, 0.1) is 5.92 Å². The van der Waals surface area contributed by atoms with Crippen LogP contribution in [0.2, 0.25) is 0 Å². The molecule has 31 heavy (non-hydrogen) atoms. The fourth-order valence-electron chi connectivity index (χ4n) is 4.43. The number of sulfonamides is 1. The van der Waals surface area contributed by atoms with Gasteiger partial charge in [0.05, 0.1) is 17.2 Å². The lowest BCUT2D eigenvalue weighted by Crippen LogP contribution is -2.45. The normalized spacial score (nSPS) is 19.5. The van der Waals surface area contributed by atoms with Gasteiger partial charge in [0.1, 0.15) is 5.76 Å². The smallest absolute Gasteiger partial charge is 0.243 e. The Morgan fingerprint density at radius 3 is 2.19 bits per heavy atom. The van der Waals surface area contributed by atoms with Gasteiger partial charge in [-0.15, -0.1) is 0 Å². The number of amides is 1. The Balaban J connectivity index is 1.42. The second-order valence-electron chi connectivity index (χ2n) is 9.07. The summed E-state index contributed by atoms with van der Waals surface area (Å²) in [4.78, 5) is 15.7. The molecule has 2 heterocycles. The van der Waals surface area contributed by atoms with E-state index in [0.717, 1.165) is 24.2 Å². The van der Waals surface area contributed by atoms with Crippen molar-refractivity contribution < 1.29 is 17.6 Å². The van der Waals surface area contributed by atoms with Crippen LogP contribution >= 0.6 is 0 Å². The molecular formula is C24H32N2O4S. The summed E-state index contributed by atoms with van der Waals surface area (Å²) in [5.41, 5.74) is 1.12. The number of carbonyl (C=O) groups is 1. The van der Waals surface area contributed by atoms with Gasteiger partial charge in [-0.3, -0.25) is 4.79 Å². The molecule has 2 fully saturated rings. The number of hydrogen-bond donors (Lipinski definition) is 0. The molecule has 0 spiro atoms.